The molecule has 0 atom stereocenters. The first kappa shape index (κ1) is 21.5. The number of rotatable bonds is 1. The summed E-state index contributed by atoms with van der Waals surface area (Å²) in [6, 6.07) is 9.58. The fourth-order valence-corrected chi connectivity index (χ4v) is 3.50. The van der Waals surface area contributed by atoms with Gasteiger partial charge >= 0.3 is 0 Å². The fourth-order valence-electron chi connectivity index (χ4n) is 3.50. The van der Waals surface area contributed by atoms with Gasteiger partial charge in [-0.1, -0.05) is 5.16 Å². The number of benzene rings is 2. The Labute approximate surface area is 175 Å². The molecule has 2 heterocycles. The van der Waals surface area contributed by atoms with Crippen LogP contribution in [0.5, 0.6) is 23.0 Å². The predicted molar refractivity (Wildman–Crippen MR) is 113 cm³/mol. The van der Waals surface area contributed by atoms with Crippen molar-refractivity contribution in [2.75, 3.05) is 7.11 Å². The van der Waals surface area contributed by atoms with Crippen LogP contribution >= 0.6 is 0 Å². The maximum absolute atomic E-state index is 11.7. The van der Waals surface area contributed by atoms with Crippen LogP contribution in [0.2, 0.25) is 0 Å². The molecule has 2 N–H and O–H groups in total. The summed E-state index contributed by atoms with van der Waals surface area (Å²) in [7, 11) is 1.52. The first-order chi connectivity index (χ1) is 14.0. The molecule has 30 heavy (non-hydrogen) atoms. The molecule has 0 bridgehead atoms. The molecular weight excluding hydrogens is 386 g/mol. The van der Waals surface area contributed by atoms with Crippen molar-refractivity contribution < 1.29 is 29.3 Å². The molecule has 0 spiro atoms. The summed E-state index contributed by atoms with van der Waals surface area (Å²) in [4.78, 5) is 16.5. The number of ketones is 1. The quantitative estimate of drug-likeness (QED) is 0.671. The van der Waals surface area contributed by atoms with Gasteiger partial charge in [-0.3, -0.25) is 4.79 Å². The van der Waals surface area contributed by atoms with Gasteiger partial charge in [0.15, 0.2) is 5.78 Å². The van der Waals surface area contributed by atoms with Gasteiger partial charge < -0.3 is 24.5 Å². The predicted octanol–water partition coefficient (Wildman–Crippen LogP) is 4.44. The van der Waals surface area contributed by atoms with Crippen LogP contribution < -0.4 is 9.47 Å². The van der Waals surface area contributed by atoms with Gasteiger partial charge in [0.1, 0.15) is 41.3 Å². The van der Waals surface area contributed by atoms with E-state index < -0.39 is 5.60 Å². The Kier molecular flexibility index (Phi) is 5.65. The van der Waals surface area contributed by atoms with Gasteiger partial charge in [0.25, 0.3) is 0 Å². The molecule has 2 aromatic rings. The van der Waals surface area contributed by atoms with Crippen LogP contribution in [0.1, 0.15) is 56.5 Å². The molecule has 0 aliphatic carbocycles. The number of oxime groups is 1. The third-order valence-electron chi connectivity index (χ3n) is 4.70. The van der Waals surface area contributed by atoms with Crippen molar-refractivity contribution in [2.45, 2.75) is 51.7 Å². The number of ether oxygens (including phenoxy) is 2. The first-order valence-electron chi connectivity index (χ1n) is 9.67. The van der Waals surface area contributed by atoms with Gasteiger partial charge in [0.2, 0.25) is 0 Å². The molecule has 7 nitrogen and oxygen atoms in total. The van der Waals surface area contributed by atoms with E-state index in [1.54, 1.807) is 24.3 Å². The number of fused-ring (bicyclic) bond motifs is 2. The molecule has 7 heteroatoms. The number of hydrogen-bond donors (Lipinski definition) is 2. The monoisotopic (exact) mass is 413 g/mol. The summed E-state index contributed by atoms with van der Waals surface area (Å²) >= 11 is 0. The molecule has 2 aliphatic rings. The number of hydrogen-bond acceptors (Lipinski definition) is 7. The third kappa shape index (κ3) is 4.84. The zero-order chi connectivity index (χ0) is 22.1. The normalized spacial score (nSPS) is 19.4. The highest BCUT2D eigenvalue weighted by Crippen LogP contribution is 2.36. The highest BCUT2D eigenvalue weighted by atomic mass is 16.6. The highest BCUT2D eigenvalue weighted by Gasteiger charge is 2.33. The number of phenols is 2. The second-order valence-corrected chi connectivity index (χ2v) is 8.58. The molecule has 0 radical (unpaired) electrons. The zero-order valence-corrected chi connectivity index (χ0v) is 17.9. The van der Waals surface area contributed by atoms with Gasteiger partial charge in [-0.25, -0.2) is 0 Å². The zero-order valence-electron chi connectivity index (χ0n) is 17.9. The van der Waals surface area contributed by atoms with Gasteiger partial charge in [0.05, 0.1) is 17.7 Å². The maximum atomic E-state index is 11.7. The lowest BCUT2D eigenvalue weighted by atomic mass is 9.92. The van der Waals surface area contributed by atoms with E-state index in [1.165, 1.54) is 19.2 Å². The number of carbonyl (C=O) groups is 1. The Morgan fingerprint density at radius 3 is 1.93 bits per heavy atom. The summed E-state index contributed by atoms with van der Waals surface area (Å²) < 4.78 is 11.4. The fraction of sp³-hybridized carbons (Fsp3) is 0.391. The molecular formula is C23H27NO6. The second-order valence-electron chi connectivity index (χ2n) is 8.58. The minimum atomic E-state index is -0.474. The van der Waals surface area contributed by atoms with Crippen LogP contribution in [-0.4, -0.2) is 40.0 Å². The van der Waals surface area contributed by atoms with E-state index in [0.717, 1.165) is 11.3 Å². The molecule has 4 rings (SSSR count). The second kappa shape index (κ2) is 7.89. The van der Waals surface area contributed by atoms with Crippen LogP contribution in [0.3, 0.4) is 0 Å². The molecule has 0 unspecified atom stereocenters. The average Bonchev–Trinajstić information content (AvgIpc) is 2.59. The first-order valence-corrected chi connectivity index (χ1v) is 9.67. The van der Waals surface area contributed by atoms with E-state index in [0.29, 0.717) is 29.9 Å². The minimum absolute atomic E-state index is 0.0660. The molecule has 0 aromatic heterocycles. The summed E-state index contributed by atoms with van der Waals surface area (Å²) in [6.45, 7) is 7.67. The Balaban J connectivity index is 0.000000172. The topological polar surface area (TPSA) is 97.6 Å². The van der Waals surface area contributed by atoms with E-state index in [4.69, 9.17) is 14.3 Å². The van der Waals surface area contributed by atoms with Crippen LogP contribution in [0.15, 0.2) is 41.6 Å². The lowest BCUT2D eigenvalue weighted by Gasteiger charge is -2.32. The lowest BCUT2D eigenvalue weighted by Crippen LogP contribution is -2.36. The van der Waals surface area contributed by atoms with Crippen molar-refractivity contribution in [2.24, 2.45) is 5.16 Å². The summed E-state index contributed by atoms with van der Waals surface area (Å²) in [5.74, 6) is 1.50. The summed E-state index contributed by atoms with van der Waals surface area (Å²) in [5, 5.41) is 22.7. The van der Waals surface area contributed by atoms with Crippen LogP contribution in [-0.2, 0) is 4.84 Å². The Bertz CT molecular complexity index is 993. The SMILES string of the molecule is CC1(C)CC(=O)c2ccc(O)cc2O1.CON=C1CC(C)(C)Oc2cc(O)ccc21. The highest BCUT2D eigenvalue weighted by molar-refractivity contribution is 6.04. The standard InChI is InChI=1S/C12H15NO3.C11H12O3/c1-12(2)7-10(13-15-3)9-5-4-8(14)6-11(9)16-12;1-11(2)6-9(13)8-4-3-7(12)5-10(8)14-11/h4-6,14H,7H2,1-3H3;3-5,12H,6H2,1-2H3. The van der Waals surface area contributed by atoms with Crippen LogP contribution in [0.4, 0.5) is 0 Å². The average molecular weight is 413 g/mol. The molecule has 160 valence electrons. The Morgan fingerprint density at radius 1 is 0.867 bits per heavy atom. The van der Waals surface area contributed by atoms with Gasteiger partial charge in [-0.15, -0.1) is 0 Å². The van der Waals surface area contributed by atoms with E-state index >= 15 is 0 Å². The van der Waals surface area contributed by atoms with E-state index in [1.807, 2.05) is 27.7 Å². The minimum Gasteiger partial charge on any atom is -0.508 e. The Hall–Kier alpha value is -3.22. The molecule has 0 amide bonds. The van der Waals surface area contributed by atoms with Crippen molar-refractivity contribution in [1.29, 1.82) is 0 Å². The van der Waals surface area contributed by atoms with Gasteiger partial charge in [-0.05, 0) is 52.0 Å². The van der Waals surface area contributed by atoms with E-state index in [9.17, 15) is 15.0 Å². The number of phenolic OH excluding ortho intramolecular Hbond substituents is 2. The van der Waals surface area contributed by atoms with Crippen LogP contribution in [0, 0.1) is 0 Å². The number of nitrogens with zero attached hydrogens (tertiary/aromatic N) is 1. The molecule has 2 aliphatic heterocycles. The molecule has 0 saturated heterocycles. The van der Waals surface area contributed by atoms with Crippen molar-refractivity contribution in [1.82, 2.24) is 0 Å². The third-order valence-corrected chi connectivity index (χ3v) is 4.70. The van der Waals surface area contributed by atoms with Crippen LogP contribution in [0.25, 0.3) is 0 Å². The van der Waals surface area contributed by atoms with Crippen molar-refractivity contribution in [3.05, 3.63) is 47.5 Å². The largest absolute Gasteiger partial charge is 0.508 e. The molecule has 0 fully saturated rings. The lowest BCUT2D eigenvalue weighted by molar-refractivity contribution is 0.0619. The smallest absolute Gasteiger partial charge is 0.170 e. The van der Waals surface area contributed by atoms with E-state index in [-0.39, 0.29) is 22.9 Å². The van der Waals surface area contributed by atoms with Gasteiger partial charge in [-0.2, -0.15) is 0 Å². The van der Waals surface area contributed by atoms with Crippen molar-refractivity contribution in [3.8, 4) is 23.0 Å². The van der Waals surface area contributed by atoms with E-state index in [2.05, 4.69) is 5.16 Å². The van der Waals surface area contributed by atoms with Crippen molar-refractivity contribution in [3.63, 3.8) is 0 Å². The number of aromatic hydroxyl groups is 2. The molecule has 0 saturated carbocycles. The summed E-state index contributed by atoms with van der Waals surface area (Å²) in [6.07, 6.45) is 1.06. The summed E-state index contributed by atoms with van der Waals surface area (Å²) in [5.41, 5.74) is 1.46. The Morgan fingerprint density at radius 2 is 1.37 bits per heavy atom. The maximum Gasteiger partial charge on any atom is 0.170 e. The van der Waals surface area contributed by atoms with Gasteiger partial charge in [0, 0.05) is 24.1 Å². The number of Topliss-reactive ketones (excluding diaryl/α,β-unsaturated/α-hetero) is 1. The number of carbonyl (C=O) groups excluding carboxylic acids is 1. The molecule has 2 aromatic carbocycles. The van der Waals surface area contributed by atoms with Crippen molar-refractivity contribution >= 4 is 11.5 Å².